The smallest absolute Gasteiger partial charge is 0.0809 e. The zero-order valence-corrected chi connectivity index (χ0v) is 10.5. The molecular formula is C13H17N3S. The number of pyridine rings is 1. The van der Waals surface area contributed by atoms with Gasteiger partial charge < -0.3 is 0 Å². The lowest BCUT2D eigenvalue weighted by molar-refractivity contribution is 0.262. The Morgan fingerprint density at radius 1 is 1.53 bits per heavy atom. The first-order valence-electron chi connectivity index (χ1n) is 6.16. The second kappa shape index (κ2) is 4.72. The Labute approximate surface area is 105 Å². The van der Waals surface area contributed by atoms with Crippen molar-refractivity contribution in [1.82, 2.24) is 10.4 Å². The van der Waals surface area contributed by atoms with Crippen LogP contribution in [0.5, 0.6) is 0 Å². The Bertz CT molecular complexity index is 504. The summed E-state index contributed by atoms with van der Waals surface area (Å²) in [6.45, 7) is 0. The largest absolute Gasteiger partial charge is 0.271 e. The minimum atomic E-state index is 0.249. The lowest BCUT2D eigenvalue weighted by Gasteiger charge is -2.29. The van der Waals surface area contributed by atoms with Crippen molar-refractivity contribution in [2.24, 2.45) is 11.8 Å². The Morgan fingerprint density at radius 3 is 3.12 bits per heavy atom. The van der Waals surface area contributed by atoms with Gasteiger partial charge >= 0.3 is 0 Å². The summed E-state index contributed by atoms with van der Waals surface area (Å²) < 4.78 is 1.25. The first kappa shape index (κ1) is 11.1. The van der Waals surface area contributed by atoms with Crippen LogP contribution in [0.25, 0.3) is 10.2 Å². The number of hydrazine groups is 1. The van der Waals surface area contributed by atoms with E-state index < -0.39 is 0 Å². The maximum Gasteiger partial charge on any atom is 0.0809 e. The van der Waals surface area contributed by atoms with E-state index in [1.54, 1.807) is 11.3 Å². The maximum atomic E-state index is 5.68. The number of nitrogens with two attached hydrogens (primary N) is 1. The average Bonchev–Trinajstić information content (AvgIpc) is 2.75. The number of fused-ring (bicyclic) bond motifs is 1. The third kappa shape index (κ3) is 2.20. The van der Waals surface area contributed by atoms with Crippen LogP contribution in [0.4, 0.5) is 0 Å². The van der Waals surface area contributed by atoms with Gasteiger partial charge in [0, 0.05) is 12.2 Å². The Kier molecular flexibility index (Phi) is 3.09. The van der Waals surface area contributed by atoms with Crippen molar-refractivity contribution in [3.63, 3.8) is 0 Å². The van der Waals surface area contributed by atoms with Crippen molar-refractivity contribution >= 4 is 21.6 Å². The molecular weight excluding hydrogens is 230 g/mol. The molecule has 2 aromatic rings. The topological polar surface area (TPSA) is 50.9 Å². The predicted octanol–water partition coefficient (Wildman–Crippen LogP) is 2.99. The number of hydrogen-bond acceptors (Lipinski definition) is 4. The van der Waals surface area contributed by atoms with E-state index in [9.17, 15) is 0 Å². The number of aromatic nitrogens is 1. The van der Waals surface area contributed by atoms with Gasteiger partial charge in [-0.25, -0.2) is 0 Å². The van der Waals surface area contributed by atoms with Gasteiger partial charge in [0.15, 0.2) is 0 Å². The fourth-order valence-electron chi connectivity index (χ4n) is 2.41. The average molecular weight is 247 g/mol. The van der Waals surface area contributed by atoms with Crippen LogP contribution in [0.1, 0.15) is 37.3 Å². The van der Waals surface area contributed by atoms with Gasteiger partial charge in [-0.1, -0.05) is 19.3 Å². The van der Waals surface area contributed by atoms with E-state index in [2.05, 4.69) is 27.9 Å². The number of rotatable bonds is 4. The first-order valence-corrected chi connectivity index (χ1v) is 7.04. The lowest BCUT2D eigenvalue weighted by Crippen LogP contribution is -2.31. The third-order valence-electron chi connectivity index (χ3n) is 3.72. The molecule has 0 spiro atoms. The lowest BCUT2D eigenvalue weighted by atomic mass is 9.80. The van der Waals surface area contributed by atoms with Crippen LogP contribution in [0.3, 0.4) is 0 Å². The monoisotopic (exact) mass is 247 g/mol. The summed E-state index contributed by atoms with van der Waals surface area (Å²) >= 11 is 1.74. The second-order valence-electron chi connectivity index (χ2n) is 4.82. The molecule has 0 bridgehead atoms. The van der Waals surface area contributed by atoms with Gasteiger partial charge in [-0.2, -0.15) is 0 Å². The molecule has 1 fully saturated rings. The van der Waals surface area contributed by atoms with Crippen LogP contribution in [0, 0.1) is 5.92 Å². The predicted molar refractivity (Wildman–Crippen MR) is 71.6 cm³/mol. The highest BCUT2D eigenvalue weighted by Gasteiger charge is 2.22. The summed E-state index contributed by atoms with van der Waals surface area (Å²) in [6.07, 6.45) is 7.18. The minimum absolute atomic E-state index is 0.249. The van der Waals surface area contributed by atoms with Crippen molar-refractivity contribution in [3.8, 4) is 0 Å². The van der Waals surface area contributed by atoms with E-state index in [4.69, 9.17) is 5.84 Å². The van der Waals surface area contributed by atoms with Crippen LogP contribution < -0.4 is 11.3 Å². The molecule has 4 heteroatoms. The molecule has 1 unspecified atom stereocenters. The molecule has 2 aromatic heterocycles. The van der Waals surface area contributed by atoms with Gasteiger partial charge in [-0.3, -0.25) is 16.3 Å². The summed E-state index contributed by atoms with van der Waals surface area (Å²) in [4.78, 5) is 4.48. The summed E-state index contributed by atoms with van der Waals surface area (Å²) in [7, 11) is 0. The van der Waals surface area contributed by atoms with Crippen LogP contribution in [0.15, 0.2) is 23.7 Å². The Morgan fingerprint density at radius 2 is 2.41 bits per heavy atom. The van der Waals surface area contributed by atoms with Crippen molar-refractivity contribution in [2.75, 3.05) is 0 Å². The highest BCUT2D eigenvalue weighted by Crippen LogP contribution is 2.35. The van der Waals surface area contributed by atoms with Gasteiger partial charge in [0.2, 0.25) is 0 Å². The molecule has 2 heterocycles. The minimum Gasteiger partial charge on any atom is -0.271 e. The summed E-state index contributed by atoms with van der Waals surface area (Å²) in [5, 5.41) is 2.08. The van der Waals surface area contributed by atoms with Crippen LogP contribution in [-0.2, 0) is 0 Å². The van der Waals surface area contributed by atoms with Crippen molar-refractivity contribution in [2.45, 2.75) is 31.7 Å². The van der Waals surface area contributed by atoms with Crippen LogP contribution in [0.2, 0.25) is 0 Å². The summed E-state index contributed by atoms with van der Waals surface area (Å²) in [5.74, 6) is 6.52. The van der Waals surface area contributed by atoms with E-state index in [0.29, 0.717) is 0 Å². The Balaban J connectivity index is 1.83. The SMILES string of the molecule is NNC(CC1CCC1)c1cnc2ccsc2c1. The first-order chi connectivity index (χ1) is 8.36. The number of nitrogens with one attached hydrogen (secondary N) is 1. The molecule has 17 heavy (non-hydrogen) atoms. The third-order valence-corrected chi connectivity index (χ3v) is 4.57. The zero-order chi connectivity index (χ0) is 11.7. The van der Waals surface area contributed by atoms with Crippen LogP contribution >= 0.6 is 11.3 Å². The van der Waals surface area contributed by atoms with E-state index >= 15 is 0 Å². The zero-order valence-electron chi connectivity index (χ0n) is 9.73. The number of thiophene rings is 1. The van der Waals surface area contributed by atoms with E-state index in [0.717, 1.165) is 17.9 Å². The molecule has 0 aromatic carbocycles. The highest BCUT2D eigenvalue weighted by molar-refractivity contribution is 7.17. The molecule has 90 valence electrons. The molecule has 3 nitrogen and oxygen atoms in total. The van der Waals surface area contributed by atoms with E-state index in [1.807, 2.05) is 6.20 Å². The van der Waals surface area contributed by atoms with Gasteiger partial charge in [0.05, 0.1) is 10.2 Å². The van der Waals surface area contributed by atoms with Gasteiger partial charge in [-0.15, -0.1) is 11.3 Å². The number of nitrogens with zero attached hydrogens (tertiary/aromatic N) is 1. The molecule has 1 saturated carbocycles. The molecule has 1 atom stereocenters. The molecule has 0 radical (unpaired) electrons. The van der Waals surface area contributed by atoms with E-state index in [1.165, 1.54) is 29.5 Å². The second-order valence-corrected chi connectivity index (χ2v) is 5.77. The standard InChI is InChI=1S/C13H17N3S/c14-16-12(6-9-2-1-3-9)10-7-13-11(15-8-10)4-5-17-13/h4-5,7-9,12,16H,1-3,6,14H2. The highest BCUT2D eigenvalue weighted by atomic mass is 32.1. The normalized spacial score (nSPS) is 18.2. The molecule has 3 N–H and O–H groups in total. The quantitative estimate of drug-likeness (QED) is 0.645. The summed E-state index contributed by atoms with van der Waals surface area (Å²) in [6, 6.07) is 4.52. The van der Waals surface area contributed by atoms with Gasteiger partial charge in [0.25, 0.3) is 0 Å². The Hall–Kier alpha value is -0.970. The molecule has 1 aliphatic rings. The summed E-state index contributed by atoms with van der Waals surface area (Å²) in [5.41, 5.74) is 5.24. The van der Waals surface area contributed by atoms with Crippen molar-refractivity contribution in [1.29, 1.82) is 0 Å². The van der Waals surface area contributed by atoms with Gasteiger partial charge in [0.1, 0.15) is 0 Å². The molecule has 0 amide bonds. The van der Waals surface area contributed by atoms with Crippen molar-refractivity contribution < 1.29 is 0 Å². The van der Waals surface area contributed by atoms with Crippen LogP contribution in [-0.4, -0.2) is 4.98 Å². The number of hydrogen-bond donors (Lipinski definition) is 2. The van der Waals surface area contributed by atoms with Gasteiger partial charge in [-0.05, 0) is 35.4 Å². The van der Waals surface area contributed by atoms with E-state index in [-0.39, 0.29) is 6.04 Å². The fourth-order valence-corrected chi connectivity index (χ4v) is 3.20. The van der Waals surface area contributed by atoms with Crippen molar-refractivity contribution in [3.05, 3.63) is 29.3 Å². The maximum absolute atomic E-state index is 5.68. The molecule has 3 rings (SSSR count). The molecule has 1 aliphatic carbocycles. The molecule has 0 saturated heterocycles. The fraction of sp³-hybridized carbons (Fsp3) is 0.462. The molecule has 0 aliphatic heterocycles.